The number of nitrogens with zero attached hydrogens (tertiary/aromatic N) is 2. The van der Waals surface area contributed by atoms with Gasteiger partial charge in [0.25, 0.3) is 0 Å². The lowest BCUT2D eigenvalue weighted by atomic mass is 9.96. The summed E-state index contributed by atoms with van der Waals surface area (Å²) >= 11 is 0. The molecule has 0 bridgehead atoms. The number of pyridine rings is 1. The average Bonchev–Trinajstić information content (AvgIpc) is 3.19. The number of H-pyrrole nitrogens is 1. The van der Waals surface area contributed by atoms with Gasteiger partial charge in [0.2, 0.25) is 0 Å². The van der Waals surface area contributed by atoms with Gasteiger partial charge in [-0.15, -0.1) is 0 Å². The Morgan fingerprint density at radius 1 is 1.07 bits per heavy atom. The van der Waals surface area contributed by atoms with Gasteiger partial charge in [-0.3, -0.25) is 9.78 Å². The van der Waals surface area contributed by atoms with Crippen molar-refractivity contribution in [1.82, 2.24) is 9.97 Å². The lowest BCUT2D eigenvalue weighted by molar-refractivity contribution is 0.112. The summed E-state index contributed by atoms with van der Waals surface area (Å²) in [6, 6.07) is 20.4. The van der Waals surface area contributed by atoms with Gasteiger partial charge >= 0.3 is 0 Å². The van der Waals surface area contributed by atoms with E-state index in [4.69, 9.17) is 0 Å². The van der Waals surface area contributed by atoms with Crippen LogP contribution >= 0.6 is 0 Å². The monoisotopic (exact) mass is 381 g/mol. The summed E-state index contributed by atoms with van der Waals surface area (Å²) in [4.78, 5) is 21.4. The van der Waals surface area contributed by atoms with Crippen LogP contribution in [-0.2, 0) is 0 Å². The second-order valence-electron chi connectivity index (χ2n) is 7.01. The molecule has 2 aromatic carbocycles. The van der Waals surface area contributed by atoms with E-state index in [9.17, 15) is 4.79 Å². The lowest BCUT2D eigenvalue weighted by Gasteiger charge is -2.23. The molecule has 2 aromatic heterocycles. The highest BCUT2D eigenvalue weighted by atomic mass is 16.1. The molecule has 4 nitrogen and oxygen atoms in total. The standard InChI is InChI=1S/C25H23N3O/c1-4-20(22-15-23-25(27-22)18(16-29)13-14-26-23)21-11-8-12-24(17(21)2)28(3)19-9-6-5-7-10-19/h4-16,27H,1-3H3/b20-4+. The smallest absolute Gasteiger partial charge is 0.152 e. The molecule has 1 N–H and O–H groups in total. The molecule has 0 fully saturated rings. The number of hydrogen-bond donors (Lipinski definition) is 1. The molecule has 0 amide bonds. The first kappa shape index (κ1) is 18.7. The van der Waals surface area contributed by atoms with E-state index < -0.39 is 0 Å². The zero-order chi connectivity index (χ0) is 20.4. The maximum atomic E-state index is 11.4. The minimum Gasteiger partial charge on any atom is -0.353 e. The number of rotatable bonds is 5. The third kappa shape index (κ3) is 3.34. The van der Waals surface area contributed by atoms with Crippen molar-refractivity contribution in [2.75, 3.05) is 11.9 Å². The van der Waals surface area contributed by atoms with Crippen LogP contribution in [-0.4, -0.2) is 23.3 Å². The van der Waals surface area contributed by atoms with Crippen molar-refractivity contribution in [3.05, 3.63) is 95.3 Å². The Morgan fingerprint density at radius 2 is 1.86 bits per heavy atom. The number of nitrogens with one attached hydrogen (secondary N) is 1. The molecule has 0 spiro atoms. The highest BCUT2D eigenvalue weighted by Gasteiger charge is 2.16. The molecule has 4 aromatic rings. The van der Waals surface area contributed by atoms with Crippen molar-refractivity contribution >= 4 is 34.3 Å². The minimum absolute atomic E-state index is 0.617. The average molecular weight is 381 g/mol. The Bertz CT molecular complexity index is 1210. The predicted molar refractivity (Wildman–Crippen MR) is 120 cm³/mol. The first-order valence-corrected chi connectivity index (χ1v) is 9.62. The Hall–Kier alpha value is -3.66. The van der Waals surface area contributed by atoms with Crippen molar-refractivity contribution in [3.8, 4) is 0 Å². The molecular formula is C25H23N3O. The normalized spacial score (nSPS) is 11.6. The van der Waals surface area contributed by atoms with Crippen LogP contribution in [0.4, 0.5) is 11.4 Å². The van der Waals surface area contributed by atoms with Gasteiger partial charge in [-0.05, 0) is 55.3 Å². The number of allylic oxidation sites excluding steroid dienone is 1. The van der Waals surface area contributed by atoms with Crippen LogP contribution in [0.1, 0.15) is 34.1 Å². The molecule has 0 aliphatic rings. The van der Waals surface area contributed by atoms with Crippen LogP contribution in [0.2, 0.25) is 0 Å². The van der Waals surface area contributed by atoms with E-state index in [1.54, 1.807) is 12.3 Å². The molecule has 2 heterocycles. The van der Waals surface area contributed by atoms with Gasteiger partial charge < -0.3 is 9.88 Å². The SMILES string of the molecule is C/C=C(/c1cc2nccc(C=O)c2[nH]1)c1cccc(N(C)c2ccccc2)c1C. The fourth-order valence-electron chi connectivity index (χ4n) is 3.82. The molecule has 0 aliphatic carbocycles. The fraction of sp³-hybridized carbons (Fsp3) is 0.120. The minimum atomic E-state index is 0.617. The Balaban J connectivity index is 1.81. The molecule has 0 aliphatic heterocycles. The molecule has 144 valence electrons. The molecule has 0 saturated heterocycles. The number of hydrogen-bond acceptors (Lipinski definition) is 3. The number of fused-ring (bicyclic) bond motifs is 1. The van der Waals surface area contributed by atoms with Crippen molar-refractivity contribution in [2.45, 2.75) is 13.8 Å². The first-order valence-electron chi connectivity index (χ1n) is 9.62. The third-order valence-electron chi connectivity index (χ3n) is 5.36. The van der Waals surface area contributed by atoms with Crippen LogP contribution in [0.3, 0.4) is 0 Å². The number of benzene rings is 2. The second kappa shape index (κ2) is 7.76. The van der Waals surface area contributed by atoms with E-state index in [1.165, 1.54) is 5.56 Å². The number of aromatic amines is 1. The molecule has 0 saturated carbocycles. The van der Waals surface area contributed by atoms with Crippen LogP contribution in [0.15, 0.2) is 72.9 Å². The van der Waals surface area contributed by atoms with Gasteiger partial charge in [0.05, 0.1) is 11.0 Å². The summed E-state index contributed by atoms with van der Waals surface area (Å²) < 4.78 is 0. The zero-order valence-electron chi connectivity index (χ0n) is 16.8. The van der Waals surface area contributed by atoms with Gasteiger partial charge in [0.1, 0.15) is 0 Å². The van der Waals surface area contributed by atoms with Crippen molar-refractivity contribution < 1.29 is 4.79 Å². The summed E-state index contributed by atoms with van der Waals surface area (Å²) in [6.45, 7) is 4.17. The van der Waals surface area contributed by atoms with E-state index in [0.717, 1.165) is 45.5 Å². The number of para-hydroxylation sites is 1. The maximum absolute atomic E-state index is 11.4. The lowest BCUT2D eigenvalue weighted by Crippen LogP contribution is -2.11. The summed E-state index contributed by atoms with van der Waals surface area (Å²) in [7, 11) is 2.08. The molecule has 29 heavy (non-hydrogen) atoms. The van der Waals surface area contributed by atoms with Gasteiger partial charge in [-0.25, -0.2) is 0 Å². The van der Waals surface area contributed by atoms with Crippen molar-refractivity contribution in [2.24, 2.45) is 0 Å². The van der Waals surface area contributed by atoms with Crippen LogP contribution in [0.5, 0.6) is 0 Å². The van der Waals surface area contributed by atoms with E-state index >= 15 is 0 Å². The Labute approximate surface area is 170 Å². The van der Waals surface area contributed by atoms with Gasteiger partial charge in [0.15, 0.2) is 6.29 Å². The number of anilines is 2. The van der Waals surface area contributed by atoms with Crippen molar-refractivity contribution in [1.29, 1.82) is 0 Å². The molecule has 4 heteroatoms. The maximum Gasteiger partial charge on any atom is 0.152 e. The quantitative estimate of drug-likeness (QED) is 0.438. The summed E-state index contributed by atoms with van der Waals surface area (Å²) in [5, 5.41) is 0. The highest BCUT2D eigenvalue weighted by molar-refractivity contribution is 5.97. The zero-order valence-corrected chi connectivity index (χ0v) is 16.8. The summed E-state index contributed by atoms with van der Waals surface area (Å²) in [5.74, 6) is 0. The molecule has 0 radical (unpaired) electrons. The Morgan fingerprint density at radius 3 is 2.59 bits per heavy atom. The summed E-state index contributed by atoms with van der Waals surface area (Å²) in [6.07, 6.45) is 4.62. The fourth-order valence-corrected chi connectivity index (χ4v) is 3.82. The number of carbonyl (C=O) groups is 1. The molecule has 4 rings (SSSR count). The number of aldehydes is 1. The van der Waals surface area contributed by atoms with Gasteiger partial charge in [-0.1, -0.05) is 36.4 Å². The van der Waals surface area contributed by atoms with E-state index in [-0.39, 0.29) is 0 Å². The van der Waals surface area contributed by atoms with Crippen LogP contribution in [0.25, 0.3) is 16.6 Å². The van der Waals surface area contributed by atoms with Gasteiger partial charge in [-0.2, -0.15) is 0 Å². The first-order chi connectivity index (χ1) is 14.1. The molecule has 0 atom stereocenters. The highest BCUT2D eigenvalue weighted by Crippen LogP contribution is 2.34. The second-order valence-corrected chi connectivity index (χ2v) is 7.01. The third-order valence-corrected chi connectivity index (χ3v) is 5.36. The Kier molecular flexibility index (Phi) is 5.00. The van der Waals surface area contributed by atoms with Crippen LogP contribution in [0, 0.1) is 6.92 Å². The number of carbonyl (C=O) groups excluding carboxylic acids is 1. The van der Waals surface area contributed by atoms with E-state index in [0.29, 0.717) is 5.56 Å². The van der Waals surface area contributed by atoms with E-state index in [2.05, 4.69) is 65.2 Å². The number of aromatic nitrogens is 2. The van der Waals surface area contributed by atoms with Gasteiger partial charge in [0, 0.05) is 41.4 Å². The summed E-state index contributed by atoms with van der Waals surface area (Å²) in [5.41, 5.74) is 8.84. The topological polar surface area (TPSA) is 49.0 Å². The van der Waals surface area contributed by atoms with Crippen LogP contribution < -0.4 is 4.90 Å². The van der Waals surface area contributed by atoms with Crippen molar-refractivity contribution in [3.63, 3.8) is 0 Å². The van der Waals surface area contributed by atoms with E-state index in [1.807, 2.05) is 31.2 Å². The predicted octanol–water partition coefficient (Wildman–Crippen LogP) is 5.90. The molecule has 0 unspecified atom stereocenters. The largest absolute Gasteiger partial charge is 0.353 e. The molecular weight excluding hydrogens is 358 g/mol.